The summed E-state index contributed by atoms with van der Waals surface area (Å²) < 4.78 is 63.9. The minimum atomic E-state index is -4.58. The van der Waals surface area contributed by atoms with E-state index in [0.29, 0.717) is 0 Å². The molecule has 0 unspecified atom stereocenters. The summed E-state index contributed by atoms with van der Waals surface area (Å²) in [5.74, 6) is -4.36. The number of fused-ring (bicyclic) bond motifs is 1. The van der Waals surface area contributed by atoms with Gasteiger partial charge in [0.2, 0.25) is 0 Å². The first-order valence-electron chi connectivity index (χ1n) is 7.72. The summed E-state index contributed by atoms with van der Waals surface area (Å²) in [4.78, 5) is 29.7. The quantitative estimate of drug-likeness (QED) is 0.468. The van der Waals surface area contributed by atoms with E-state index >= 15 is 0 Å². The molecule has 0 bridgehead atoms. The Balaban J connectivity index is 1.62. The van der Waals surface area contributed by atoms with Crippen molar-refractivity contribution in [2.45, 2.75) is 12.7 Å². The van der Waals surface area contributed by atoms with Gasteiger partial charge >= 0.3 is 18.0 Å². The molecule has 1 aromatic carbocycles. The molecule has 6 nitrogen and oxygen atoms in total. The molecule has 0 atom stereocenters. The van der Waals surface area contributed by atoms with Crippen LogP contribution in [0.3, 0.4) is 0 Å². The highest BCUT2D eigenvalue weighted by Gasteiger charge is 2.32. The molecule has 3 N–H and O–H groups in total. The first-order chi connectivity index (χ1) is 13.1. The second kappa shape index (κ2) is 7.25. The SMILES string of the molecule is O=C(NCc1ccc(C(F)(F)F)nc1)C(=O)Nc1c[nH]c2cc(F)c(F)cc12. The summed E-state index contributed by atoms with van der Waals surface area (Å²) in [6.45, 7) is -0.231. The van der Waals surface area contributed by atoms with Crippen molar-refractivity contribution in [3.8, 4) is 0 Å². The maximum absolute atomic E-state index is 13.4. The number of anilines is 1. The molecule has 0 saturated carbocycles. The molecule has 0 aliphatic rings. The molecule has 28 heavy (non-hydrogen) atoms. The van der Waals surface area contributed by atoms with Crippen molar-refractivity contribution in [3.63, 3.8) is 0 Å². The van der Waals surface area contributed by atoms with Gasteiger partial charge in [-0.05, 0) is 17.7 Å². The molecular formula is C17H11F5N4O2. The Bertz CT molecular complexity index is 1040. The van der Waals surface area contributed by atoms with Crippen LogP contribution in [-0.2, 0) is 22.3 Å². The van der Waals surface area contributed by atoms with Crippen LogP contribution in [0.4, 0.5) is 27.6 Å². The summed E-state index contributed by atoms with van der Waals surface area (Å²) in [6, 6.07) is 3.63. The fourth-order valence-corrected chi connectivity index (χ4v) is 2.36. The Labute approximate surface area is 153 Å². The van der Waals surface area contributed by atoms with Crippen LogP contribution in [0.2, 0.25) is 0 Å². The van der Waals surface area contributed by atoms with Gasteiger partial charge in [-0.25, -0.2) is 8.78 Å². The highest BCUT2D eigenvalue weighted by atomic mass is 19.4. The first-order valence-corrected chi connectivity index (χ1v) is 7.72. The lowest BCUT2D eigenvalue weighted by Crippen LogP contribution is -2.35. The fourth-order valence-electron chi connectivity index (χ4n) is 2.36. The van der Waals surface area contributed by atoms with E-state index in [2.05, 4.69) is 20.6 Å². The zero-order valence-corrected chi connectivity index (χ0v) is 13.8. The number of carbonyl (C=O) groups is 2. The van der Waals surface area contributed by atoms with Crippen molar-refractivity contribution in [1.82, 2.24) is 15.3 Å². The van der Waals surface area contributed by atoms with Crippen molar-refractivity contribution in [2.75, 3.05) is 5.32 Å². The Morgan fingerprint density at radius 3 is 2.43 bits per heavy atom. The van der Waals surface area contributed by atoms with E-state index in [1.807, 2.05) is 0 Å². The third kappa shape index (κ3) is 4.08. The number of rotatable bonds is 3. The number of aromatic amines is 1. The molecule has 0 fully saturated rings. The van der Waals surface area contributed by atoms with Gasteiger partial charge in [-0.15, -0.1) is 0 Å². The minimum absolute atomic E-state index is 0.0604. The summed E-state index contributed by atoms with van der Waals surface area (Å²) in [7, 11) is 0. The number of H-pyrrole nitrogens is 1. The molecule has 0 saturated heterocycles. The van der Waals surface area contributed by atoms with Gasteiger partial charge in [0.05, 0.1) is 11.2 Å². The van der Waals surface area contributed by atoms with Crippen molar-refractivity contribution in [1.29, 1.82) is 0 Å². The monoisotopic (exact) mass is 398 g/mol. The van der Waals surface area contributed by atoms with E-state index in [0.717, 1.165) is 30.5 Å². The van der Waals surface area contributed by atoms with E-state index in [4.69, 9.17) is 0 Å². The Kier molecular flexibility index (Phi) is 4.99. The number of aromatic nitrogens is 2. The smallest absolute Gasteiger partial charge is 0.359 e. The number of alkyl halides is 3. The lowest BCUT2D eigenvalue weighted by molar-refractivity contribution is -0.141. The van der Waals surface area contributed by atoms with E-state index in [1.54, 1.807) is 0 Å². The molecule has 3 aromatic rings. The predicted molar refractivity (Wildman–Crippen MR) is 87.9 cm³/mol. The van der Waals surface area contributed by atoms with Crippen molar-refractivity contribution in [2.24, 2.45) is 0 Å². The van der Waals surface area contributed by atoms with Crippen molar-refractivity contribution >= 4 is 28.4 Å². The number of hydrogen-bond donors (Lipinski definition) is 3. The number of carbonyl (C=O) groups excluding carboxylic acids is 2. The number of amides is 2. The second-order valence-corrected chi connectivity index (χ2v) is 5.70. The second-order valence-electron chi connectivity index (χ2n) is 5.70. The lowest BCUT2D eigenvalue weighted by Gasteiger charge is -2.08. The molecule has 0 radical (unpaired) electrons. The average molecular weight is 398 g/mol. The molecular weight excluding hydrogens is 387 g/mol. The van der Waals surface area contributed by atoms with Crippen LogP contribution < -0.4 is 10.6 Å². The Morgan fingerprint density at radius 2 is 1.79 bits per heavy atom. The molecule has 3 rings (SSSR count). The van der Waals surface area contributed by atoms with E-state index in [9.17, 15) is 31.5 Å². The standard InChI is InChI=1S/C17H11F5N4O2/c18-10-3-9-12(4-11(10)19)23-7-13(9)26-16(28)15(27)25-6-8-1-2-14(24-5-8)17(20,21)22/h1-5,7,23H,6H2,(H,25,27)(H,26,28). The van der Waals surface area contributed by atoms with Gasteiger partial charge in [0, 0.05) is 30.4 Å². The summed E-state index contributed by atoms with van der Waals surface area (Å²) >= 11 is 0. The van der Waals surface area contributed by atoms with Crippen LogP contribution in [0, 0.1) is 11.6 Å². The van der Waals surface area contributed by atoms with E-state index < -0.39 is 35.3 Å². The van der Waals surface area contributed by atoms with Crippen LogP contribution in [-0.4, -0.2) is 21.8 Å². The molecule has 2 amide bonds. The number of nitrogens with one attached hydrogen (secondary N) is 3. The zero-order chi connectivity index (χ0) is 20.5. The summed E-state index contributed by atoms with van der Waals surface area (Å²) in [5.41, 5.74) is -0.558. The number of halogens is 5. The third-order valence-electron chi connectivity index (χ3n) is 3.75. The minimum Gasteiger partial charge on any atom is -0.359 e. The van der Waals surface area contributed by atoms with Gasteiger partial charge in [0.25, 0.3) is 0 Å². The van der Waals surface area contributed by atoms with Crippen molar-refractivity contribution in [3.05, 3.63) is 59.6 Å². The normalized spacial score (nSPS) is 11.5. The molecule has 0 aliphatic heterocycles. The summed E-state index contributed by atoms with van der Waals surface area (Å²) in [6.07, 6.45) is -2.39. The maximum atomic E-state index is 13.4. The highest BCUT2D eigenvalue weighted by molar-refractivity contribution is 6.40. The summed E-state index contributed by atoms with van der Waals surface area (Å²) in [5, 5.41) is 4.62. The fraction of sp³-hybridized carbons (Fsp3) is 0.118. The van der Waals surface area contributed by atoms with Crippen LogP contribution in [0.15, 0.2) is 36.7 Å². The maximum Gasteiger partial charge on any atom is 0.433 e. The largest absolute Gasteiger partial charge is 0.433 e. The zero-order valence-electron chi connectivity index (χ0n) is 13.8. The number of hydrogen-bond acceptors (Lipinski definition) is 3. The molecule has 2 aromatic heterocycles. The van der Waals surface area contributed by atoms with Gasteiger partial charge in [-0.1, -0.05) is 6.07 Å². The first kappa shape index (κ1) is 19.3. The Morgan fingerprint density at radius 1 is 1.07 bits per heavy atom. The van der Waals surface area contributed by atoms with Crippen molar-refractivity contribution < 1.29 is 31.5 Å². The average Bonchev–Trinajstić information content (AvgIpc) is 3.01. The molecule has 146 valence electrons. The van der Waals surface area contributed by atoms with Gasteiger partial charge < -0.3 is 15.6 Å². The topological polar surface area (TPSA) is 86.9 Å². The molecule has 11 heteroatoms. The van der Waals surface area contributed by atoms with Gasteiger partial charge in [0.15, 0.2) is 11.6 Å². The van der Waals surface area contributed by atoms with E-state index in [-0.39, 0.29) is 28.7 Å². The highest BCUT2D eigenvalue weighted by Crippen LogP contribution is 2.27. The molecule has 2 heterocycles. The van der Waals surface area contributed by atoms with Crippen LogP contribution in [0.5, 0.6) is 0 Å². The third-order valence-corrected chi connectivity index (χ3v) is 3.75. The van der Waals surface area contributed by atoms with E-state index in [1.165, 1.54) is 6.20 Å². The van der Waals surface area contributed by atoms with Crippen LogP contribution in [0.1, 0.15) is 11.3 Å². The van der Waals surface area contributed by atoms with Crippen LogP contribution >= 0.6 is 0 Å². The van der Waals surface area contributed by atoms with Gasteiger partial charge in [-0.2, -0.15) is 13.2 Å². The predicted octanol–water partition coefficient (Wildman–Crippen LogP) is 3.11. The number of nitrogens with zero attached hydrogens (tertiary/aromatic N) is 1. The van der Waals surface area contributed by atoms with Gasteiger partial charge in [-0.3, -0.25) is 14.6 Å². The molecule has 0 spiro atoms. The lowest BCUT2D eigenvalue weighted by atomic mass is 10.2. The Hall–Kier alpha value is -3.50. The molecule has 0 aliphatic carbocycles. The number of pyridine rings is 1. The number of benzene rings is 1. The van der Waals surface area contributed by atoms with Gasteiger partial charge in [0.1, 0.15) is 5.69 Å². The van der Waals surface area contributed by atoms with Crippen LogP contribution in [0.25, 0.3) is 10.9 Å².